The van der Waals surface area contributed by atoms with Crippen molar-refractivity contribution in [3.63, 3.8) is 0 Å². The standard InChI is InChI=1S/C18H28N2O/c1-2-13-20(17-11-9-16(19)10-12-17)18(21)14-15-7-5-3-4-6-8-15/h9-12,15H,2-8,13-14,19H2,1H3. The highest BCUT2D eigenvalue weighted by Gasteiger charge is 2.21. The molecule has 0 aromatic heterocycles. The van der Waals surface area contributed by atoms with Crippen molar-refractivity contribution in [1.29, 1.82) is 0 Å². The van der Waals surface area contributed by atoms with Gasteiger partial charge in [-0.15, -0.1) is 0 Å². The van der Waals surface area contributed by atoms with Crippen molar-refractivity contribution in [1.82, 2.24) is 0 Å². The van der Waals surface area contributed by atoms with Crippen molar-refractivity contribution in [3.8, 4) is 0 Å². The van der Waals surface area contributed by atoms with Crippen LogP contribution in [-0.4, -0.2) is 12.5 Å². The number of nitrogen functional groups attached to an aromatic ring is 1. The summed E-state index contributed by atoms with van der Waals surface area (Å²) in [5.74, 6) is 0.849. The van der Waals surface area contributed by atoms with E-state index in [4.69, 9.17) is 5.73 Å². The molecule has 0 saturated heterocycles. The Hall–Kier alpha value is -1.51. The minimum atomic E-state index is 0.272. The Morgan fingerprint density at radius 2 is 1.76 bits per heavy atom. The van der Waals surface area contributed by atoms with Gasteiger partial charge in [0, 0.05) is 24.3 Å². The van der Waals surface area contributed by atoms with Gasteiger partial charge in [-0.1, -0.05) is 32.6 Å². The number of carbonyl (C=O) groups excluding carboxylic acids is 1. The molecule has 0 unspecified atom stereocenters. The molecule has 2 N–H and O–H groups in total. The Labute approximate surface area is 128 Å². The van der Waals surface area contributed by atoms with Crippen LogP contribution in [0.25, 0.3) is 0 Å². The molecule has 0 atom stereocenters. The predicted molar refractivity (Wildman–Crippen MR) is 89.3 cm³/mol. The van der Waals surface area contributed by atoms with E-state index in [0.29, 0.717) is 12.3 Å². The molecule has 3 nitrogen and oxygen atoms in total. The number of anilines is 2. The average Bonchev–Trinajstić information content (AvgIpc) is 2.74. The summed E-state index contributed by atoms with van der Waals surface area (Å²) in [6, 6.07) is 7.65. The Kier molecular flexibility index (Phi) is 6.09. The van der Waals surface area contributed by atoms with Gasteiger partial charge >= 0.3 is 0 Å². The lowest BCUT2D eigenvalue weighted by molar-refractivity contribution is -0.119. The van der Waals surface area contributed by atoms with Gasteiger partial charge < -0.3 is 10.6 Å². The third-order valence-electron chi connectivity index (χ3n) is 4.39. The molecule has 1 aromatic rings. The molecule has 1 aromatic carbocycles. The van der Waals surface area contributed by atoms with E-state index in [9.17, 15) is 4.79 Å². The van der Waals surface area contributed by atoms with Crippen LogP contribution in [0.3, 0.4) is 0 Å². The zero-order valence-corrected chi connectivity index (χ0v) is 13.2. The first kappa shape index (κ1) is 15.9. The van der Waals surface area contributed by atoms with Gasteiger partial charge in [0.25, 0.3) is 0 Å². The van der Waals surface area contributed by atoms with Crippen molar-refractivity contribution < 1.29 is 4.79 Å². The highest BCUT2D eigenvalue weighted by Crippen LogP contribution is 2.27. The molecule has 0 heterocycles. The third kappa shape index (κ3) is 4.76. The fraction of sp³-hybridized carbons (Fsp3) is 0.611. The first-order valence-electron chi connectivity index (χ1n) is 8.36. The molecule has 0 bridgehead atoms. The molecule has 116 valence electrons. The molecule has 1 saturated carbocycles. The van der Waals surface area contributed by atoms with Crippen LogP contribution in [-0.2, 0) is 4.79 Å². The van der Waals surface area contributed by atoms with Crippen LogP contribution in [0.4, 0.5) is 11.4 Å². The van der Waals surface area contributed by atoms with E-state index >= 15 is 0 Å². The van der Waals surface area contributed by atoms with Crippen LogP contribution in [0, 0.1) is 5.92 Å². The number of hydrogen-bond donors (Lipinski definition) is 1. The lowest BCUT2D eigenvalue weighted by atomic mass is 9.96. The second kappa shape index (κ2) is 8.06. The zero-order chi connectivity index (χ0) is 15.1. The van der Waals surface area contributed by atoms with Crippen molar-refractivity contribution in [2.45, 2.75) is 58.3 Å². The highest BCUT2D eigenvalue weighted by atomic mass is 16.2. The number of nitrogens with zero attached hydrogens (tertiary/aromatic N) is 1. The van der Waals surface area contributed by atoms with E-state index in [1.54, 1.807) is 0 Å². The number of rotatable bonds is 5. The molecule has 1 aliphatic carbocycles. The molecule has 21 heavy (non-hydrogen) atoms. The summed E-state index contributed by atoms with van der Waals surface area (Å²) in [4.78, 5) is 14.6. The normalized spacial score (nSPS) is 16.4. The summed E-state index contributed by atoms with van der Waals surface area (Å²) < 4.78 is 0. The van der Waals surface area contributed by atoms with Crippen LogP contribution in [0.2, 0.25) is 0 Å². The SMILES string of the molecule is CCCN(C(=O)CC1CCCCCC1)c1ccc(N)cc1. The molecule has 0 spiro atoms. The number of nitrogens with two attached hydrogens (primary N) is 1. The molecule has 3 heteroatoms. The predicted octanol–water partition coefficient (Wildman–Crippen LogP) is 4.37. The molecule has 1 aliphatic rings. The van der Waals surface area contributed by atoms with Crippen molar-refractivity contribution in [2.75, 3.05) is 17.2 Å². The number of carbonyl (C=O) groups is 1. The zero-order valence-electron chi connectivity index (χ0n) is 13.2. The smallest absolute Gasteiger partial charge is 0.227 e. The van der Waals surface area contributed by atoms with E-state index < -0.39 is 0 Å². The fourth-order valence-corrected chi connectivity index (χ4v) is 3.20. The Morgan fingerprint density at radius 1 is 1.14 bits per heavy atom. The molecule has 2 rings (SSSR count). The average molecular weight is 288 g/mol. The van der Waals surface area contributed by atoms with Crippen molar-refractivity contribution in [2.24, 2.45) is 5.92 Å². The van der Waals surface area contributed by atoms with Crippen LogP contribution in [0.1, 0.15) is 58.3 Å². The minimum absolute atomic E-state index is 0.272. The van der Waals surface area contributed by atoms with Crippen LogP contribution >= 0.6 is 0 Å². The van der Waals surface area contributed by atoms with E-state index in [2.05, 4.69) is 6.92 Å². The van der Waals surface area contributed by atoms with Gasteiger partial charge in [0.15, 0.2) is 0 Å². The number of amides is 1. The van der Waals surface area contributed by atoms with E-state index in [-0.39, 0.29) is 5.91 Å². The lowest BCUT2D eigenvalue weighted by Crippen LogP contribution is -2.33. The quantitative estimate of drug-likeness (QED) is 0.646. The van der Waals surface area contributed by atoms with Crippen LogP contribution in [0.15, 0.2) is 24.3 Å². The second-order valence-corrected chi connectivity index (χ2v) is 6.20. The number of benzene rings is 1. The number of hydrogen-bond acceptors (Lipinski definition) is 2. The van der Waals surface area contributed by atoms with Crippen molar-refractivity contribution in [3.05, 3.63) is 24.3 Å². The molecule has 1 fully saturated rings. The molecule has 0 radical (unpaired) electrons. The van der Waals surface area contributed by atoms with Gasteiger partial charge in [-0.2, -0.15) is 0 Å². The first-order chi connectivity index (χ1) is 10.2. The van der Waals surface area contributed by atoms with Gasteiger partial charge in [0.1, 0.15) is 0 Å². The summed E-state index contributed by atoms with van der Waals surface area (Å²) in [7, 11) is 0. The summed E-state index contributed by atoms with van der Waals surface area (Å²) in [6.45, 7) is 2.90. The third-order valence-corrected chi connectivity index (χ3v) is 4.39. The van der Waals surface area contributed by atoms with Crippen LogP contribution < -0.4 is 10.6 Å². The van der Waals surface area contributed by atoms with Gasteiger partial charge in [-0.05, 0) is 49.4 Å². The maximum absolute atomic E-state index is 12.7. The monoisotopic (exact) mass is 288 g/mol. The van der Waals surface area contributed by atoms with Gasteiger partial charge in [-0.3, -0.25) is 4.79 Å². The van der Waals surface area contributed by atoms with E-state index in [1.165, 1.54) is 38.5 Å². The van der Waals surface area contributed by atoms with Crippen LogP contribution in [0.5, 0.6) is 0 Å². The maximum Gasteiger partial charge on any atom is 0.227 e. The topological polar surface area (TPSA) is 46.3 Å². The largest absolute Gasteiger partial charge is 0.399 e. The van der Waals surface area contributed by atoms with Gasteiger partial charge in [-0.25, -0.2) is 0 Å². The minimum Gasteiger partial charge on any atom is -0.399 e. The Balaban J connectivity index is 2.02. The Bertz CT molecular complexity index is 433. The fourth-order valence-electron chi connectivity index (χ4n) is 3.20. The van der Waals surface area contributed by atoms with Gasteiger partial charge in [0.2, 0.25) is 5.91 Å². The molecular formula is C18H28N2O. The lowest BCUT2D eigenvalue weighted by Gasteiger charge is -2.25. The highest BCUT2D eigenvalue weighted by molar-refractivity contribution is 5.93. The summed E-state index contributed by atoms with van der Waals surface area (Å²) in [5.41, 5.74) is 7.46. The molecular weight excluding hydrogens is 260 g/mol. The molecule has 1 amide bonds. The van der Waals surface area contributed by atoms with E-state index in [1.807, 2.05) is 29.2 Å². The maximum atomic E-state index is 12.7. The summed E-state index contributed by atoms with van der Waals surface area (Å²) in [5, 5.41) is 0. The summed E-state index contributed by atoms with van der Waals surface area (Å²) >= 11 is 0. The molecule has 0 aliphatic heterocycles. The summed E-state index contributed by atoms with van der Waals surface area (Å²) in [6.07, 6.45) is 9.34. The van der Waals surface area contributed by atoms with Crippen molar-refractivity contribution >= 4 is 17.3 Å². The van der Waals surface area contributed by atoms with Gasteiger partial charge in [0.05, 0.1) is 0 Å². The Morgan fingerprint density at radius 3 is 2.33 bits per heavy atom. The second-order valence-electron chi connectivity index (χ2n) is 6.20. The first-order valence-corrected chi connectivity index (χ1v) is 8.36. The van der Waals surface area contributed by atoms with E-state index in [0.717, 1.165) is 24.3 Å².